The van der Waals surface area contributed by atoms with Crippen molar-refractivity contribution in [2.24, 2.45) is 0 Å². The number of amides is 1. The molecular formula is C21H21NO2. The first kappa shape index (κ1) is 16.1. The van der Waals surface area contributed by atoms with Crippen molar-refractivity contribution in [1.82, 2.24) is 5.32 Å². The van der Waals surface area contributed by atoms with Gasteiger partial charge in [0.2, 0.25) is 5.91 Å². The maximum Gasteiger partial charge on any atom is 0.220 e. The van der Waals surface area contributed by atoms with E-state index in [1.54, 1.807) is 0 Å². The van der Waals surface area contributed by atoms with E-state index >= 15 is 0 Å². The number of carbonyl (C=O) groups excluding carboxylic acids is 1. The fourth-order valence-electron chi connectivity index (χ4n) is 2.72. The molecule has 0 fully saturated rings. The van der Waals surface area contributed by atoms with Gasteiger partial charge in [0.1, 0.15) is 12.4 Å². The van der Waals surface area contributed by atoms with Gasteiger partial charge in [-0.05, 0) is 34.9 Å². The molecule has 0 aliphatic rings. The third-order valence-corrected chi connectivity index (χ3v) is 3.94. The molecule has 0 aliphatic carbocycles. The van der Waals surface area contributed by atoms with Gasteiger partial charge in [-0.2, -0.15) is 0 Å². The summed E-state index contributed by atoms with van der Waals surface area (Å²) < 4.78 is 5.56. The lowest BCUT2D eigenvalue weighted by Gasteiger charge is -2.09. The van der Waals surface area contributed by atoms with Gasteiger partial charge >= 0.3 is 0 Å². The van der Waals surface area contributed by atoms with Gasteiger partial charge in [-0.15, -0.1) is 0 Å². The molecule has 0 saturated heterocycles. The highest BCUT2D eigenvalue weighted by Gasteiger charge is 2.05. The highest BCUT2D eigenvalue weighted by atomic mass is 16.5. The number of aryl methyl sites for hydroxylation is 1. The van der Waals surface area contributed by atoms with Crippen LogP contribution in [0.3, 0.4) is 0 Å². The number of hydrogen-bond acceptors (Lipinski definition) is 2. The zero-order chi connectivity index (χ0) is 16.6. The molecule has 0 aromatic heterocycles. The summed E-state index contributed by atoms with van der Waals surface area (Å²) in [7, 11) is 0. The number of fused-ring (bicyclic) bond motifs is 1. The second-order valence-corrected chi connectivity index (χ2v) is 5.65. The molecule has 122 valence electrons. The predicted octanol–water partition coefficient (Wildman–Crippen LogP) is 3.97. The van der Waals surface area contributed by atoms with E-state index in [0.717, 1.165) is 12.2 Å². The number of para-hydroxylation sites is 1. The van der Waals surface area contributed by atoms with Crippen LogP contribution in [0.5, 0.6) is 5.75 Å². The van der Waals surface area contributed by atoms with Gasteiger partial charge in [0.25, 0.3) is 0 Å². The highest BCUT2D eigenvalue weighted by molar-refractivity contribution is 5.86. The lowest BCUT2D eigenvalue weighted by Crippen LogP contribution is -2.28. The lowest BCUT2D eigenvalue weighted by atomic mass is 10.0. The second kappa shape index (κ2) is 8.16. The fraction of sp³-hybridized carbons (Fsp3) is 0.190. The molecule has 1 N–H and O–H groups in total. The molecular weight excluding hydrogens is 298 g/mol. The molecule has 0 bridgehead atoms. The monoisotopic (exact) mass is 319 g/mol. The van der Waals surface area contributed by atoms with Crippen LogP contribution in [0, 0.1) is 0 Å². The molecule has 0 saturated carbocycles. The van der Waals surface area contributed by atoms with Crippen LogP contribution >= 0.6 is 0 Å². The molecule has 0 atom stereocenters. The smallest absolute Gasteiger partial charge is 0.220 e. The third kappa shape index (κ3) is 4.35. The molecule has 1 amide bonds. The van der Waals surface area contributed by atoms with Crippen molar-refractivity contribution in [3.63, 3.8) is 0 Å². The van der Waals surface area contributed by atoms with Gasteiger partial charge in [-0.3, -0.25) is 4.79 Å². The Labute approximate surface area is 142 Å². The van der Waals surface area contributed by atoms with Crippen molar-refractivity contribution in [2.75, 3.05) is 13.2 Å². The van der Waals surface area contributed by atoms with Crippen molar-refractivity contribution in [3.05, 3.63) is 78.4 Å². The molecule has 3 nitrogen and oxygen atoms in total. The predicted molar refractivity (Wildman–Crippen MR) is 97.2 cm³/mol. The van der Waals surface area contributed by atoms with E-state index in [1.165, 1.54) is 16.3 Å². The van der Waals surface area contributed by atoms with Gasteiger partial charge in [-0.1, -0.05) is 60.7 Å². The summed E-state index contributed by atoms with van der Waals surface area (Å²) in [5.74, 6) is 0.877. The highest BCUT2D eigenvalue weighted by Crippen LogP contribution is 2.19. The Morgan fingerprint density at radius 3 is 2.50 bits per heavy atom. The zero-order valence-corrected chi connectivity index (χ0v) is 13.6. The van der Waals surface area contributed by atoms with Crippen LogP contribution in [-0.2, 0) is 11.2 Å². The van der Waals surface area contributed by atoms with Crippen LogP contribution in [0.25, 0.3) is 10.8 Å². The summed E-state index contributed by atoms with van der Waals surface area (Å²) in [4.78, 5) is 12.0. The van der Waals surface area contributed by atoms with E-state index in [0.29, 0.717) is 19.6 Å². The molecule has 0 aliphatic heterocycles. The quantitative estimate of drug-likeness (QED) is 0.669. The molecule has 3 heteroatoms. The van der Waals surface area contributed by atoms with Crippen LogP contribution < -0.4 is 10.1 Å². The van der Waals surface area contributed by atoms with E-state index in [4.69, 9.17) is 4.74 Å². The summed E-state index contributed by atoms with van der Waals surface area (Å²) in [6.45, 7) is 0.993. The average molecular weight is 319 g/mol. The Morgan fingerprint density at radius 2 is 1.62 bits per heavy atom. The van der Waals surface area contributed by atoms with Crippen LogP contribution in [0.2, 0.25) is 0 Å². The van der Waals surface area contributed by atoms with Gasteiger partial charge in [0, 0.05) is 6.42 Å². The maximum atomic E-state index is 12.0. The number of ether oxygens (including phenoxy) is 1. The first-order valence-electron chi connectivity index (χ1n) is 8.24. The first-order valence-corrected chi connectivity index (χ1v) is 8.24. The molecule has 24 heavy (non-hydrogen) atoms. The summed E-state index contributed by atoms with van der Waals surface area (Å²) in [6, 6.07) is 24.1. The molecule has 0 radical (unpaired) electrons. The molecule has 0 spiro atoms. The number of rotatable bonds is 7. The van der Waals surface area contributed by atoms with Crippen LogP contribution in [0.4, 0.5) is 0 Å². The van der Waals surface area contributed by atoms with Gasteiger partial charge < -0.3 is 10.1 Å². The number of benzene rings is 3. The summed E-state index contributed by atoms with van der Waals surface area (Å²) >= 11 is 0. The minimum Gasteiger partial charge on any atom is -0.492 e. The maximum absolute atomic E-state index is 12.0. The van der Waals surface area contributed by atoms with Crippen LogP contribution in [-0.4, -0.2) is 19.1 Å². The summed E-state index contributed by atoms with van der Waals surface area (Å²) in [6.07, 6.45) is 1.23. The normalized spacial score (nSPS) is 10.5. The molecule has 3 rings (SSSR count). The largest absolute Gasteiger partial charge is 0.492 e. The van der Waals surface area contributed by atoms with E-state index in [9.17, 15) is 4.79 Å². The number of carbonyl (C=O) groups is 1. The van der Waals surface area contributed by atoms with Crippen molar-refractivity contribution in [1.29, 1.82) is 0 Å². The van der Waals surface area contributed by atoms with E-state index in [-0.39, 0.29) is 5.91 Å². The average Bonchev–Trinajstić information content (AvgIpc) is 2.64. The SMILES string of the molecule is O=C(CCc1cccc2ccccc12)NCCOc1ccccc1. The molecule has 3 aromatic carbocycles. The summed E-state index contributed by atoms with van der Waals surface area (Å²) in [5.41, 5.74) is 1.21. The summed E-state index contributed by atoms with van der Waals surface area (Å²) in [5, 5.41) is 5.34. The van der Waals surface area contributed by atoms with Gasteiger partial charge in [-0.25, -0.2) is 0 Å². The Balaban J connectivity index is 1.44. The number of hydrogen-bond donors (Lipinski definition) is 1. The Hall–Kier alpha value is -2.81. The Bertz CT molecular complexity index is 794. The standard InChI is InChI=1S/C21H21NO2/c23-21(22-15-16-24-19-10-2-1-3-11-19)14-13-18-9-6-8-17-7-4-5-12-20(17)18/h1-12H,13-16H2,(H,22,23). The van der Waals surface area contributed by atoms with Crippen molar-refractivity contribution in [2.45, 2.75) is 12.8 Å². The minimum absolute atomic E-state index is 0.0552. The van der Waals surface area contributed by atoms with Gasteiger partial charge in [0.15, 0.2) is 0 Å². The number of nitrogens with one attached hydrogen (secondary N) is 1. The zero-order valence-electron chi connectivity index (χ0n) is 13.6. The van der Waals surface area contributed by atoms with Crippen molar-refractivity contribution in [3.8, 4) is 5.75 Å². The lowest BCUT2D eigenvalue weighted by molar-refractivity contribution is -0.121. The van der Waals surface area contributed by atoms with Crippen molar-refractivity contribution < 1.29 is 9.53 Å². The van der Waals surface area contributed by atoms with E-state index in [2.05, 4.69) is 29.6 Å². The second-order valence-electron chi connectivity index (χ2n) is 5.65. The van der Waals surface area contributed by atoms with Crippen LogP contribution in [0.1, 0.15) is 12.0 Å². The van der Waals surface area contributed by atoms with Crippen LogP contribution in [0.15, 0.2) is 72.8 Å². The Kier molecular flexibility index (Phi) is 5.46. The van der Waals surface area contributed by atoms with Crippen molar-refractivity contribution >= 4 is 16.7 Å². The molecule has 0 unspecified atom stereocenters. The fourth-order valence-corrected chi connectivity index (χ4v) is 2.72. The minimum atomic E-state index is 0.0552. The molecule has 3 aromatic rings. The molecule has 0 heterocycles. The Morgan fingerprint density at radius 1 is 0.875 bits per heavy atom. The van der Waals surface area contributed by atoms with E-state index < -0.39 is 0 Å². The van der Waals surface area contributed by atoms with E-state index in [1.807, 2.05) is 48.5 Å². The third-order valence-electron chi connectivity index (χ3n) is 3.94. The van der Waals surface area contributed by atoms with Gasteiger partial charge in [0.05, 0.1) is 6.54 Å². The first-order chi connectivity index (χ1) is 11.8. The topological polar surface area (TPSA) is 38.3 Å².